The van der Waals surface area contributed by atoms with Crippen LogP contribution in [0.25, 0.3) is 6.08 Å². The SMILES string of the molecule is COc1ccc(/C=C(\C#N)C(=O)c2ccccc2)cc1OC. The molecular formula is C18H15NO3. The van der Waals surface area contributed by atoms with E-state index >= 15 is 0 Å². The minimum atomic E-state index is -0.308. The highest BCUT2D eigenvalue weighted by Crippen LogP contribution is 2.28. The fourth-order valence-electron chi connectivity index (χ4n) is 2.00. The molecule has 0 N–H and O–H groups in total. The Morgan fingerprint density at radius 1 is 1.05 bits per heavy atom. The van der Waals surface area contributed by atoms with Crippen LogP contribution in [0.4, 0.5) is 0 Å². The molecule has 0 aliphatic rings. The minimum Gasteiger partial charge on any atom is -0.493 e. The fourth-order valence-corrected chi connectivity index (χ4v) is 2.00. The van der Waals surface area contributed by atoms with Crippen LogP contribution in [0.1, 0.15) is 15.9 Å². The zero-order valence-corrected chi connectivity index (χ0v) is 12.4. The van der Waals surface area contributed by atoms with Gasteiger partial charge in [-0.15, -0.1) is 0 Å². The lowest BCUT2D eigenvalue weighted by atomic mass is 10.0. The molecule has 0 amide bonds. The van der Waals surface area contributed by atoms with Crippen LogP contribution in [0, 0.1) is 11.3 Å². The first-order chi connectivity index (χ1) is 10.7. The smallest absolute Gasteiger partial charge is 0.203 e. The standard InChI is InChI=1S/C18H15NO3/c1-21-16-9-8-13(11-17(16)22-2)10-15(12-19)18(20)14-6-4-3-5-7-14/h3-11H,1-2H3/b15-10+. The Morgan fingerprint density at radius 3 is 2.32 bits per heavy atom. The van der Waals surface area contributed by atoms with Crippen molar-refractivity contribution in [3.05, 3.63) is 65.2 Å². The third-order valence-electron chi connectivity index (χ3n) is 3.12. The van der Waals surface area contributed by atoms with Crippen LogP contribution in [0.15, 0.2) is 54.1 Å². The van der Waals surface area contributed by atoms with Gasteiger partial charge >= 0.3 is 0 Å². The summed E-state index contributed by atoms with van der Waals surface area (Å²) in [6, 6.07) is 15.9. The topological polar surface area (TPSA) is 59.3 Å². The molecule has 0 saturated heterocycles. The summed E-state index contributed by atoms with van der Waals surface area (Å²) in [7, 11) is 3.08. The number of nitrogens with zero attached hydrogens (tertiary/aromatic N) is 1. The van der Waals surface area contributed by atoms with Gasteiger partial charge in [0.2, 0.25) is 5.78 Å². The van der Waals surface area contributed by atoms with E-state index in [0.717, 1.165) is 0 Å². The van der Waals surface area contributed by atoms with E-state index in [-0.39, 0.29) is 11.4 Å². The quantitative estimate of drug-likeness (QED) is 0.481. The zero-order chi connectivity index (χ0) is 15.9. The molecule has 0 radical (unpaired) electrons. The molecule has 2 aromatic carbocycles. The Hall–Kier alpha value is -3.06. The summed E-state index contributed by atoms with van der Waals surface area (Å²) in [6.45, 7) is 0. The van der Waals surface area contributed by atoms with Gasteiger partial charge in [-0.1, -0.05) is 36.4 Å². The molecule has 4 heteroatoms. The lowest BCUT2D eigenvalue weighted by Crippen LogP contribution is -2.01. The van der Waals surface area contributed by atoms with Crippen LogP contribution in [-0.2, 0) is 0 Å². The van der Waals surface area contributed by atoms with Crippen LogP contribution in [0.5, 0.6) is 11.5 Å². The monoisotopic (exact) mass is 293 g/mol. The third-order valence-corrected chi connectivity index (χ3v) is 3.12. The van der Waals surface area contributed by atoms with Crippen molar-refractivity contribution in [2.75, 3.05) is 14.2 Å². The van der Waals surface area contributed by atoms with E-state index in [1.807, 2.05) is 12.1 Å². The Morgan fingerprint density at radius 2 is 1.73 bits per heavy atom. The van der Waals surface area contributed by atoms with Crippen LogP contribution in [-0.4, -0.2) is 20.0 Å². The summed E-state index contributed by atoms with van der Waals surface area (Å²) in [6.07, 6.45) is 1.54. The molecular weight excluding hydrogens is 278 g/mol. The van der Waals surface area contributed by atoms with Gasteiger partial charge in [0.25, 0.3) is 0 Å². The largest absolute Gasteiger partial charge is 0.493 e. The van der Waals surface area contributed by atoms with Gasteiger partial charge in [0, 0.05) is 5.56 Å². The summed E-state index contributed by atoms with van der Waals surface area (Å²) < 4.78 is 10.4. The molecule has 0 fully saturated rings. The molecule has 0 atom stereocenters. The van der Waals surface area contributed by atoms with Gasteiger partial charge in [-0.05, 0) is 23.8 Å². The lowest BCUT2D eigenvalue weighted by molar-refractivity contribution is 0.104. The molecule has 4 nitrogen and oxygen atoms in total. The number of carbonyl (C=O) groups excluding carboxylic acids is 1. The highest BCUT2D eigenvalue weighted by atomic mass is 16.5. The van der Waals surface area contributed by atoms with Crippen LogP contribution in [0.3, 0.4) is 0 Å². The van der Waals surface area contributed by atoms with Crippen molar-refractivity contribution in [2.45, 2.75) is 0 Å². The van der Waals surface area contributed by atoms with Crippen molar-refractivity contribution in [3.8, 4) is 17.6 Å². The zero-order valence-electron chi connectivity index (χ0n) is 12.4. The van der Waals surface area contributed by atoms with Gasteiger partial charge in [-0.25, -0.2) is 0 Å². The second-order valence-corrected chi connectivity index (χ2v) is 4.48. The molecule has 0 spiro atoms. The van der Waals surface area contributed by atoms with Crippen molar-refractivity contribution in [3.63, 3.8) is 0 Å². The van der Waals surface area contributed by atoms with Crippen molar-refractivity contribution in [1.82, 2.24) is 0 Å². The maximum absolute atomic E-state index is 12.3. The minimum absolute atomic E-state index is 0.0680. The number of nitriles is 1. The second-order valence-electron chi connectivity index (χ2n) is 4.48. The Balaban J connectivity index is 2.38. The summed E-state index contributed by atoms with van der Waals surface area (Å²) in [5.41, 5.74) is 1.24. The highest BCUT2D eigenvalue weighted by Gasteiger charge is 2.12. The van der Waals surface area contributed by atoms with Crippen LogP contribution in [0.2, 0.25) is 0 Å². The van der Waals surface area contributed by atoms with Crippen molar-refractivity contribution < 1.29 is 14.3 Å². The molecule has 0 aliphatic heterocycles. The second kappa shape index (κ2) is 7.09. The summed E-state index contributed by atoms with van der Waals surface area (Å²) >= 11 is 0. The Labute approximate surface area is 129 Å². The molecule has 0 unspecified atom stereocenters. The van der Waals surface area contributed by atoms with E-state index in [0.29, 0.717) is 22.6 Å². The normalized spacial score (nSPS) is 10.7. The number of ketones is 1. The number of rotatable bonds is 5. The summed E-state index contributed by atoms with van der Waals surface area (Å²) in [5.74, 6) is 0.825. The van der Waals surface area contributed by atoms with Gasteiger partial charge in [0.15, 0.2) is 11.5 Å². The van der Waals surface area contributed by atoms with Gasteiger partial charge in [-0.2, -0.15) is 5.26 Å². The predicted octanol–water partition coefficient (Wildman–Crippen LogP) is 3.49. The number of allylic oxidation sites excluding steroid dienone is 1. The summed E-state index contributed by atoms with van der Waals surface area (Å²) in [4.78, 5) is 12.3. The number of benzene rings is 2. The average Bonchev–Trinajstić information content (AvgIpc) is 2.59. The first-order valence-electron chi connectivity index (χ1n) is 6.63. The van der Waals surface area contributed by atoms with Crippen molar-refractivity contribution in [2.24, 2.45) is 0 Å². The first-order valence-corrected chi connectivity index (χ1v) is 6.63. The van der Waals surface area contributed by atoms with E-state index in [9.17, 15) is 10.1 Å². The van der Waals surface area contributed by atoms with Gasteiger partial charge < -0.3 is 9.47 Å². The number of carbonyl (C=O) groups is 1. The van der Waals surface area contributed by atoms with Crippen molar-refractivity contribution >= 4 is 11.9 Å². The van der Waals surface area contributed by atoms with E-state index in [1.54, 1.807) is 49.6 Å². The molecule has 22 heavy (non-hydrogen) atoms. The lowest BCUT2D eigenvalue weighted by Gasteiger charge is -2.08. The molecule has 110 valence electrons. The third kappa shape index (κ3) is 3.33. The number of ether oxygens (including phenoxy) is 2. The number of Topliss-reactive ketones (excluding diaryl/α,β-unsaturated/α-hetero) is 1. The Kier molecular flexibility index (Phi) is 4.94. The van der Waals surface area contributed by atoms with E-state index in [4.69, 9.17) is 9.47 Å². The fraction of sp³-hybridized carbons (Fsp3) is 0.111. The average molecular weight is 293 g/mol. The van der Waals surface area contributed by atoms with Crippen molar-refractivity contribution in [1.29, 1.82) is 5.26 Å². The van der Waals surface area contributed by atoms with Crippen LogP contribution < -0.4 is 9.47 Å². The molecule has 2 aromatic rings. The first kappa shape index (κ1) is 15.3. The molecule has 0 aliphatic carbocycles. The molecule has 0 heterocycles. The van der Waals surface area contributed by atoms with E-state index in [2.05, 4.69) is 0 Å². The van der Waals surface area contributed by atoms with Gasteiger partial charge in [0.05, 0.1) is 14.2 Å². The highest BCUT2D eigenvalue weighted by molar-refractivity contribution is 6.14. The van der Waals surface area contributed by atoms with Gasteiger partial charge in [-0.3, -0.25) is 4.79 Å². The molecule has 0 aromatic heterocycles. The van der Waals surface area contributed by atoms with Gasteiger partial charge in [0.1, 0.15) is 11.6 Å². The number of hydrogen-bond acceptors (Lipinski definition) is 4. The number of methoxy groups -OCH3 is 2. The number of hydrogen-bond donors (Lipinski definition) is 0. The van der Waals surface area contributed by atoms with Crippen LogP contribution >= 0.6 is 0 Å². The molecule has 0 bridgehead atoms. The van der Waals surface area contributed by atoms with E-state index in [1.165, 1.54) is 13.2 Å². The predicted molar refractivity (Wildman–Crippen MR) is 83.9 cm³/mol. The molecule has 0 saturated carbocycles. The summed E-state index contributed by atoms with van der Waals surface area (Å²) in [5, 5.41) is 9.25. The maximum Gasteiger partial charge on any atom is 0.203 e. The maximum atomic E-state index is 12.3. The Bertz CT molecular complexity index is 743. The van der Waals surface area contributed by atoms with E-state index < -0.39 is 0 Å². The molecule has 2 rings (SSSR count).